The fourth-order valence-corrected chi connectivity index (χ4v) is 3.15. The predicted octanol–water partition coefficient (Wildman–Crippen LogP) is 2.72. The molecular weight excluding hydrogens is 256 g/mol. The lowest BCUT2D eigenvalue weighted by Crippen LogP contribution is -2.51. The van der Waals surface area contributed by atoms with Gasteiger partial charge in [-0.2, -0.15) is 0 Å². The minimum Gasteiger partial charge on any atom is -0.345 e. The van der Waals surface area contributed by atoms with Gasteiger partial charge in [-0.1, -0.05) is 18.9 Å². The largest absolute Gasteiger partial charge is 0.345 e. The first-order valence-corrected chi connectivity index (χ1v) is 8.00. The summed E-state index contributed by atoms with van der Waals surface area (Å²) < 4.78 is 0. The van der Waals surface area contributed by atoms with Gasteiger partial charge < -0.3 is 11.1 Å². The molecule has 3 N–H and O–H groups in total. The number of amides is 1. The van der Waals surface area contributed by atoms with E-state index in [9.17, 15) is 4.79 Å². The van der Waals surface area contributed by atoms with Gasteiger partial charge in [-0.05, 0) is 43.7 Å². The third-order valence-corrected chi connectivity index (χ3v) is 4.74. The van der Waals surface area contributed by atoms with Crippen molar-refractivity contribution in [3.63, 3.8) is 0 Å². The summed E-state index contributed by atoms with van der Waals surface area (Å²) in [5, 5.41) is 3.18. The molecule has 1 saturated carbocycles. The van der Waals surface area contributed by atoms with Crippen molar-refractivity contribution in [2.24, 2.45) is 5.73 Å². The van der Waals surface area contributed by atoms with Gasteiger partial charge in [0.2, 0.25) is 0 Å². The molecule has 3 nitrogen and oxygen atoms in total. The minimum atomic E-state index is -0.182. The molecule has 0 aliphatic heterocycles. The number of hydrogen-bond donors (Lipinski definition) is 2. The van der Waals surface area contributed by atoms with Gasteiger partial charge in [-0.25, -0.2) is 0 Å². The Balaban J connectivity index is 2.19. The lowest BCUT2D eigenvalue weighted by atomic mass is 9.96. The fourth-order valence-electron chi connectivity index (χ4n) is 2.71. The van der Waals surface area contributed by atoms with Gasteiger partial charge in [0.25, 0.3) is 5.91 Å². The lowest BCUT2D eigenvalue weighted by Gasteiger charge is -2.29. The summed E-state index contributed by atoms with van der Waals surface area (Å²) in [6.45, 7) is 2.50. The smallest absolute Gasteiger partial charge is 0.252 e. The third kappa shape index (κ3) is 3.12. The molecule has 0 aromatic heterocycles. The number of carbonyl (C=O) groups is 1. The van der Waals surface area contributed by atoms with Crippen molar-refractivity contribution in [3.05, 3.63) is 29.3 Å². The molecule has 0 unspecified atom stereocenters. The molecule has 1 aromatic rings. The van der Waals surface area contributed by atoms with Crippen LogP contribution in [0.25, 0.3) is 0 Å². The zero-order valence-corrected chi connectivity index (χ0v) is 12.5. The van der Waals surface area contributed by atoms with Gasteiger partial charge in [0, 0.05) is 17.0 Å². The van der Waals surface area contributed by atoms with Crippen molar-refractivity contribution in [1.82, 2.24) is 5.32 Å². The Morgan fingerprint density at radius 1 is 1.42 bits per heavy atom. The average Bonchev–Trinajstić information content (AvgIpc) is 2.88. The molecule has 1 aromatic carbocycles. The van der Waals surface area contributed by atoms with Crippen LogP contribution in [0, 0.1) is 6.92 Å². The maximum atomic E-state index is 12.5. The fraction of sp³-hybridized carbons (Fsp3) is 0.533. The maximum Gasteiger partial charge on any atom is 0.252 e. The van der Waals surface area contributed by atoms with Gasteiger partial charge >= 0.3 is 0 Å². The van der Waals surface area contributed by atoms with E-state index in [1.165, 1.54) is 0 Å². The molecule has 2 rings (SSSR count). The first-order valence-electron chi connectivity index (χ1n) is 6.77. The highest BCUT2D eigenvalue weighted by Gasteiger charge is 2.34. The molecule has 4 heteroatoms. The van der Waals surface area contributed by atoms with Crippen LogP contribution in [0.2, 0.25) is 0 Å². The summed E-state index contributed by atoms with van der Waals surface area (Å²) in [4.78, 5) is 13.6. The molecule has 1 fully saturated rings. The summed E-state index contributed by atoms with van der Waals surface area (Å²) in [5.41, 5.74) is 7.47. The van der Waals surface area contributed by atoms with Crippen LogP contribution < -0.4 is 11.1 Å². The first kappa shape index (κ1) is 14.4. The molecule has 0 radical (unpaired) electrons. The summed E-state index contributed by atoms with van der Waals surface area (Å²) in [6, 6.07) is 6.02. The van der Waals surface area contributed by atoms with E-state index in [1.807, 2.05) is 31.4 Å². The van der Waals surface area contributed by atoms with Gasteiger partial charge in [-0.15, -0.1) is 11.8 Å². The Morgan fingerprint density at radius 3 is 2.68 bits per heavy atom. The van der Waals surface area contributed by atoms with E-state index >= 15 is 0 Å². The Hall–Kier alpha value is -1.00. The van der Waals surface area contributed by atoms with Crippen LogP contribution in [0.3, 0.4) is 0 Å². The van der Waals surface area contributed by atoms with Gasteiger partial charge in [0.15, 0.2) is 0 Å². The number of nitrogens with two attached hydrogens (primary N) is 1. The quantitative estimate of drug-likeness (QED) is 0.833. The summed E-state index contributed by atoms with van der Waals surface area (Å²) >= 11 is 1.65. The second-order valence-electron chi connectivity index (χ2n) is 5.33. The summed E-state index contributed by atoms with van der Waals surface area (Å²) in [6.07, 6.45) is 6.32. The number of rotatable bonds is 4. The molecule has 0 bridgehead atoms. The van der Waals surface area contributed by atoms with E-state index < -0.39 is 0 Å². The van der Waals surface area contributed by atoms with Gasteiger partial charge in [0.05, 0.1) is 5.54 Å². The molecule has 1 aliphatic rings. The third-order valence-electron chi connectivity index (χ3n) is 4.02. The highest BCUT2D eigenvalue weighted by Crippen LogP contribution is 2.29. The van der Waals surface area contributed by atoms with E-state index in [1.54, 1.807) is 11.8 Å². The molecule has 104 valence electrons. The molecule has 0 saturated heterocycles. The zero-order valence-electron chi connectivity index (χ0n) is 11.7. The van der Waals surface area contributed by atoms with Crippen LogP contribution in [-0.4, -0.2) is 24.2 Å². The second-order valence-corrected chi connectivity index (χ2v) is 6.21. The molecule has 0 heterocycles. The van der Waals surface area contributed by atoms with Gasteiger partial charge in [-0.3, -0.25) is 4.79 Å². The van der Waals surface area contributed by atoms with E-state index in [0.29, 0.717) is 6.54 Å². The van der Waals surface area contributed by atoms with Crippen LogP contribution in [0.1, 0.15) is 41.6 Å². The van der Waals surface area contributed by atoms with Crippen LogP contribution in [-0.2, 0) is 0 Å². The van der Waals surface area contributed by atoms with Crippen molar-refractivity contribution in [2.45, 2.75) is 43.0 Å². The number of nitrogens with one attached hydrogen (secondary N) is 1. The van der Waals surface area contributed by atoms with Crippen LogP contribution in [0.15, 0.2) is 23.1 Å². The van der Waals surface area contributed by atoms with Crippen molar-refractivity contribution < 1.29 is 4.79 Å². The van der Waals surface area contributed by atoms with E-state index in [0.717, 1.165) is 41.7 Å². The van der Waals surface area contributed by atoms with E-state index in [-0.39, 0.29) is 11.4 Å². The standard InChI is InChI=1S/C15H22N2OS/c1-11-5-6-12(19-2)9-13(11)14(18)17-15(10-16)7-3-4-8-15/h5-6,9H,3-4,7-8,10,16H2,1-2H3,(H,17,18). The number of hydrogen-bond acceptors (Lipinski definition) is 3. The Bertz CT molecular complexity index is 467. The molecule has 1 aliphatic carbocycles. The molecule has 1 amide bonds. The number of thioether (sulfide) groups is 1. The van der Waals surface area contributed by atoms with Crippen molar-refractivity contribution in [2.75, 3.05) is 12.8 Å². The molecule has 0 atom stereocenters. The summed E-state index contributed by atoms with van der Waals surface area (Å²) in [5.74, 6) is 0.0146. The van der Waals surface area contributed by atoms with Crippen molar-refractivity contribution >= 4 is 17.7 Å². The topological polar surface area (TPSA) is 55.1 Å². The Morgan fingerprint density at radius 2 is 2.11 bits per heavy atom. The monoisotopic (exact) mass is 278 g/mol. The zero-order chi connectivity index (χ0) is 13.9. The van der Waals surface area contributed by atoms with Crippen molar-refractivity contribution in [1.29, 1.82) is 0 Å². The lowest BCUT2D eigenvalue weighted by molar-refractivity contribution is 0.0902. The van der Waals surface area contributed by atoms with E-state index in [4.69, 9.17) is 5.73 Å². The average molecular weight is 278 g/mol. The maximum absolute atomic E-state index is 12.5. The Labute approximate surface area is 119 Å². The Kier molecular flexibility index (Phi) is 4.53. The van der Waals surface area contributed by atoms with Gasteiger partial charge in [0.1, 0.15) is 0 Å². The number of aryl methyl sites for hydroxylation is 1. The predicted molar refractivity (Wildman–Crippen MR) is 80.7 cm³/mol. The summed E-state index contributed by atoms with van der Waals surface area (Å²) in [7, 11) is 0. The van der Waals surface area contributed by atoms with Crippen LogP contribution in [0.4, 0.5) is 0 Å². The normalized spacial score (nSPS) is 17.4. The molecule has 19 heavy (non-hydrogen) atoms. The van der Waals surface area contributed by atoms with Crippen LogP contribution in [0.5, 0.6) is 0 Å². The van der Waals surface area contributed by atoms with Crippen LogP contribution >= 0.6 is 11.8 Å². The number of carbonyl (C=O) groups excluding carboxylic acids is 1. The first-order chi connectivity index (χ1) is 9.10. The SMILES string of the molecule is CSc1ccc(C)c(C(=O)NC2(CN)CCCC2)c1. The van der Waals surface area contributed by atoms with E-state index in [2.05, 4.69) is 5.32 Å². The highest BCUT2D eigenvalue weighted by molar-refractivity contribution is 7.98. The highest BCUT2D eigenvalue weighted by atomic mass is 32.2. The van der Waals surface area contributed by atoms with Crippen molar-refractivity contribution in [3.8, 4) is 0 Å². The second kappa shape index (κ2) is 5.97. The molecular formula is C15H22N2OS. The molecule has 0 spiro atoms. The number of benzene rings is 1. The minimum absolute atomic E-state index is 0.0146.